The normalized spacial score (nSPS) is 19.4. The minimum absolute atomic E-state index is 0. The van der Waals surface area contributed by atoms with Crippen molar-refractivity contribution in [2.24, 2.45) is 10.9 Å². The molecule has 2 aliphatic rings. The lowest BCUT2D eigenvalue weighted by Crippen LogP contribution is -2.45. The van der Waals surface area contributed by atoms with E-state index >= 15 is 0 Å². The number of aliphatic imine (C=N–C) groups is 1. The van der Waals surface area contributed by atoms with Gasteiger partial charge in [0.25, 0.3) is 0 Å². The average Bonchev–Trinajstić information content (AvgIpc) is 3.15. The van der Waals surface area contributed by atoms with Crippen molar-refractivity contribution in [1.82, 2.24) is 15.5 Å². The van der Waals surface area contributed by atoms with E-state index in [0.29, 0.717) is 12.0 Å². The molecule has 144 valence electrons. The van der Waals surface area contributed by atoms with E-state index in [1.54, 1.807) is 0 Å². The quantitative estimate of drug-likeness (QED) is 0.284. The number of halogens is 2. The Morgan fingerprint density at radius 2 is 1.88 bits per heavy atom. The van der Waals surface area contributed by atoms with Gasteiger partial charge in [0.05, 0.1) is 0 Å². The number of benzene rings is 1. The van der Waals surface area contributed by atoms with E-state index in [1.807, 2.05) is 19.2 Å². The number of rotatable bonds is 5. The molecule has 0 spiro atoms. The van der Waals surface area contributed by atoms with Gasteiger partial charge in [0.15, 0.2) is 5.96 Å². The molecule has 4 nitrogen and oxygen atoms in total. The van der Waals surface area contributed by atoms with Crippen LogP contribution in [0.1, 0.15) is 31.2 Å². The van der Waals surface area contributed by atoms with Crippen LogP contribution < -0.4 is 10.6 Å². The Morgan fingerprint density at radius 3 is 2.54 bits per heavy atom. The fourth-order valence-electron chi connectivity index (χ4n) is 3.58. The second kappa shape index (κ2) is 11.1. The Kier molecular flexibility index (Phi) is 9.22. The molecular formula is C20H30ClIN4. The van der Waals surface area contributed by atoms with Crippen molar-refractivity contribution in [3.63, 3.8) is 0 Å². The zero-order valence-electron chi connectivity index (χ0n) is 15.5. The maximum atomic E-state index is 6.28. The summed E-state index contributed by atoms with van der Waals surface area (Å²) in [4.78, 5) is 6.87. The van der Waals surface area contributed by atoms with Gasteiger partial charge in [-0.05, 0) is 56.3 Å². The van der Waals surface area contributed by atoms with Crippen LogP contribution in [0.4, 0.5) is 0 Å². The summed E-state index contributed by atoms with van der Waals surface area (Å²) in [5, 5.41) is 7.89. The number of nitrogens with zero attached hydrogens (tertiary/aromatic N) is 2. The summed E-state index contributed by atoms with van der Waals surface area (Å²) in [5.74, 6) is 1.65. The van der Waals surface area contributed by atoms with E-state index in [0.717, 1.165) is 50.0 Å². The van der Waals surface area contributed by atoms with Crippen molar-refractivity contribution < 1.29 is 0 Å². The molecule has 2 N–H and O–H groups in total. The zero-order valence-corrected chi connectivity index (χ0v) is 18.5. The second-order valence-corrected chi connectivity index (χ2v) is 7.46. The molecule has 0 atom stereocenters. The topological polar surface area (TPSA) is 39.7 Å². The third-order valence-electron chi connectivity index (χ3n) is 5.19. The maximum absolute atomic E-state index is 6.28. The lowest BCUT2D eigenvalue weighted by molar-refractivity contribution is 0.178. The molecule has 1 aromatic rings. The van der Waals surface area contributed by atoms with Crippen LogP contribution >= 0.6 is 35.6 Å². The summed E-state index contributed by atoms with van der Waals surface area (Å²) < 4.78 is 0. The van der Waals surface area contributed by atoms with Crippen LogP contribution in [0.2, 0.25) is 5.02 Å². The van der Waals surface area contributed by atoms with Crippen LogP contribution in [0.15, 0.2) is 41.4 Å². The van der Waals surface area contributed by atoms with Gasteiger partial charge in [-0.3, -0.25) is 9.89 Å². The largest absolute Gasteiger partial charge is 0.356 e. The predicted octanol–water partition coefficient (Wildman–Crippen LogP) is 4.05. The van der Waals surface area contributed by atoms with Crippen LogP contribution in [-0.4, -0.2) is 43.6 Å². The standard InChI is InChI=1S/C20H29ClN4.HI/c1-22-20(24-18-7-3-4-8-18)23-14-16-10-12-25(13-11-16)15-17-6-2-5-9-19(17)21;/h2-6,9,16,18H,7-8,10-15H2,1H3,(H2,22,23,24);1H. The van der Waals surface area contributed by atoms with Crippen molar-refractivity contribution in [3.8, 4) is 0 Å². The Labute approximate surface area is 179 Å². The number of likely N-dealkylation sites (tertiary alicyclic amines) is 1. The number of nitrogens with one attached hydrogen (secondary N) is 2. The molecule has 3 rings (SSSR count). The summed E-state index contributed by atoms with van der Waals surface area (Å²) >= 11 is 6.28. The van der Waals surface area contributed by atoms with Gasteiger partial charge in [0.1, 0.15) is 0 Å². The van der Waals surface area contributed by atoms with E-state index in [4.69, 9.17) is 11.6 Å². The van der Waals surface area contributed by atoms with Gasteiger partial charge in [0.2, 0.25) is 0 Å². The van der Waals surface area contributed by atoms with Crippen molar-refractivity contribution in [2.45, 2.75) is 38.3 Å². The average molecular weight is 489 g/mol. The van der Waals surface area contributed by atoms with E-state index in [2.05, 4.69) is 44.8 Å². The molecule has 1 aliphatic heterocycles. The third-order valence-corrected chi connectivity index (χ3v) is 5.56. The minimum Gasteiger partial charge on any atom is -0.356 e. The molecule has 1 aliphatic carbocycles. The van der Waals surface area contributed by atoms with Gasteiger partial charge in [-0.25, -0.2) is 0 Å². The van der Waals surface area contributed by atoms with Crippen LogP contribution in [0, 0.1) is 5.92 Å². The Morgan fingerprint density at radius 1 is 1.19 bits per heavy atom. The molecule has 0 aromatic heterocycles. The molecule has 1 aromatic carbocycles. The van der Waals surface area contributed by atoms with E-state index in [1.165, 1.54) is 18.4 Å². The summed E-state index contributed by atoms with van der Waals surface area (Å²) in [5.41, 5.74) is 1.23. The van der Waals surface area contributed by atoms with Gasteiger partial charge >= 0.3 is 0 Å². The van der Waals surface area contributed by atoms with Crippen molar-refractivity contribution in [2.75, 3.05) is 26.7 Å². The zero-order chi connectivity index (χ0) is 17.5. The Balaban J connectivity index is 0.00000243. The van der Waals surface area contributed by atoms with E-state index < -0.39 is 0 Å². The molecule has 0 bridgehead atoms. The highest BCUT2D eigenvalue weighted by Gasteiger charge is 2.20. The van der Waals surface area contributed by atoms with Gasteiger partial charge in [-0.15, -0.1) is 24.0 Å². The van der Waals surface area contributed by atoms with Crippen molar-refractivity contribution in [1.29, 1.82) is 0 Å². The predicted molar refractivity (Wildman–Crippen MR) is 122 cm³/mol. The van der Waals surface area contributed by atoms with Gasteiger partial charge in [-0.2, -0.15) is 0 Å². The number of hydrogen-bond donors (Lipinski definition) is 2. The molecule has 0 amide bonds. The molecule has 1 fully saturated rings. The van der Waals surface area contributed by atoms with Crippen molar-refractivity contribution in [3.05, 3.63) is 47.0 Å². The lowest BCUT2D eigenvalue weighted by Gasteiger charge is -2.32. The summed E-state index contributed by atoms with van der Waals surface area (Å²) in [6.07, 6.45) is 9.11. The number of piperidine rings is 1. The molecule has 6 heteroatoms. The molecule has 26 heavy (non-hydrogen) atoms. The monoisotopic (exact) mass is 488 g/mol. The lowest BCUT2D eigenvalue weighted by atomic mass is 9.96. The third kappa shape index (κ3) is 6.43. The fraction of sp³-hybridized carbons (Fsp3) is 0.550. The molecule has 0 saturated carbocycles. The molecular weight excluding hydrogens is 459 g/mol. The van der Waals surface area contributed by atoms with Crippen LogP contribution in [0.5, 0.6) is 0 Å². The molecule has 1 saturated heterocycles. The first-order valence-corrected chi connectivity index (χ1v) is 9.70. The highest BCUT2D eigenvalue weighted by Crippen LogP contribution is 2.22. The summed E-state index contributed by atoms with van der Waals surface area (Å²) in [7, 11) is 1.85. The smallest absolute Gasteiger partial charge is 0.191 e. The fourth-order valence-corrected chi connectivity index (χ4v) is 3.78. The first-order valence-electron chi connectivity index (χ1n) is 9.32. The van der Waals surface area contributed by atoms with Gasteiger partial charge in [-0.1, -0.05) is 42.0 Å². The Hall–Kier alpha value is -0.790. The summed E-state index contributed by atoms with van der Waals surface area (Å²) in [6, 6.07) is 8.67. The first-order chi connectivity index (χ1) is 12.2. The second-order valence-electron chi connectivity index (χ2n) is 7.05. The van der Waals surface area contributed by atoms with Crippen LogP contribution in [0.3, 0.4) is 0 Å². The summed E-state index contributed by atoms with van der Waals surface area (Å²) in [6.45, 7) is 4.23. The van der Waals surface area contributed by atoms with Gasteiger partial charge in [0, 0.05) is 31.2 Å². The SMILES string of the molecule is CN=C(NCC1CCN(Cc2ccccc2Cl)CC1)NC1CC=CC1.I. The number of guanidine groups is 1. The van der Waals surface area contributed by atoms with E-state index in [9.17, 15) is 0 Å². The maximum Gasteiger partial charge on any atom is 0.191 e. The highest BCUT2D eigenvalue weighted by atomic mass is 127. The highest BCUT2D eigenvalue weighted by molar-refractivity contribution is 14.0. The molecule has 0 unspecified atom stereocenters. The Bertz CT molecular complexity index is 604. The van der Waals surface area contributed by atoms with Crippen LogP contribution in [-0.2, 0) is 6.54 Å². The minimum atomic E-state index is 0. The molecule has 1 heterocycles. The molecule has 0 radical (unpaired) electrons. The first kappa shape index (κ1) is 21.5. The van der Waals surface area contributed by atoms with Gasteiger partial charge < -0.3 is 10.6 Å². The van der Waals surface area contributed by atoms with Crippen molar-refractivity contribution >= 4 is 41.5 Å². The van der Waals surface area contributed by atoms with E-state index in [-0.39, 0.29) is 24.0 Å². The van der Waals surface area contributed by atoms with Crippen LogP contribution in [0.25, 0.3) is 0 Å². The number of hydrogen-bond acceptors (Lipinski definition) is 2.